The molecule has 1 aliphatic heterocycles. The van der Waals surface area contributed by atoms with Crippen LogP contribution in [0.1, 0.15) is 39.2 Å². The Labute approximate surface area is 155 Å². The lowest BCUT2D eigenvalue weighted by Crippen LogP contribution is -2.47. The van der Waals surface area contributed by atoms with Gasteiger partial charge in [-0.05, 0) is 51.3 Å². The van der Waals surface area contributed by atoms with Crippen molar-refractivity contribution in [3.05, 3.63) is 29.8 Å². The fourth-order valence-electron chi connectivity index (χ4n) is 2.78. The minimum absolute atomic E-state index is 0.0405. The number of nitrogens with zero attached hydrogens (tertiary/aromatic N) is 1. The van der Waals surface area contributed by atoms with Crippen LogP contribution in [0, 0.1) is 0 Å². The molecule has 7 nitrogen and oxygen atoms in total. The number of ether oxygens (including phenoxy) is 2. The number of alkyl carbamates (subject to hydrolysis) is 1. The van der Waals surface area contributed by atoms with Crippen molar-refractivity contribution in [2.24, 2.45) is 0 Å². The fraction of sp³-hybridized carbons (Fsp3) is 0.611. The van der Waals surface area contributed by atoms with E-state index in [4.69, 9.17) is 9.47 Å². The van der Waals surface area contributed by atoms with Gasteiger partial charge in [-0.25, -0.2) is 17.5 Å². The highest BCUT2D eigenvalue weighted by Gasteiger charge is 2.29. The largest absolute Gasteiger partial charge is 0.497 e. The molecule has 0 unspecified atom stereocenters. The number of sulfonamides is 1. The van der Waals surface area contributed by atoms with E-state index in [-0.39, 0.29) is 11.8 Å². The lowest BCUT2D eigenvalue weighted by atomic mass is 10.1. The van der Waals surface area contributed by atoms with E-state index in [1.165, 1.54) is 4.31 Å². The SMILES string of the molecule is COc1ccc(CS(=O)(=O)N2CCC(NC(=O)OC(C)(C)C)CC2)cc1. The van der Waals surface area contributed by atoms with Crippen molar-refractivity contribution in [3.63, 3.8) is 0 Å². The molecule has 8 heteroatoms. The number of rotatable bonds is 5. The van der Waals surface area contributed by atoms with E-state index in [0.29, 0.717) is 31.7 Å². The third-order valence-electron chi connectivity index (χ3n) is 4.08. The van der Waals surface area contributed by atoms with E-state index in [1.807, 2.05) is 0 Å². The average molecular weight is 384 g/mol. The Morgan fingerprint density at radius 3 is 2.27 bits per heavy atom. The molecule has 1 heterocycles. The predicted molar refractivity (Wildman–Crippen MR) is 99.6 cm³/mol. The molecule has 1 fully saturated rings. The summed E-state index contributed by atoms with van der Waals surface area (Å²) >= 11 is 0. The number of hydrogen-bond acceptors (Lipinski definition) is 5. The topological polar surface area (TPSA) is 84.9 Å². The maximum atomic E-state index is 12.6. The zero-order valence-corrected chi connectivity index (χ0v) is 16.6. The monoisotopic (exact) mass is 384 g/mol. The van der Waals surface area contributed by atoms with E-state index in [2.05, 4.69) is 5.32 Å². The molecular formula is C18H28N2O5S. The zero-order valence-electron chi connectivity index (χ0n) is 15.8. The first kappa shape index (κ1) is 20.5. The number of hydrogen-bond donors (Lipinski definition) is 1. The number of amides is 1. The molecule has 0 spiro atoms. The van der Waals surface area contributed by atoms with Gasteiger partial charge in [0.15, 0.2) is 0 Å². The quantitative estimate of drug-likeness (QED) is 0.843. The fourth-order valence-corrected chi connectivity index (χ4v) is 4.34. The first-order valence-electron chi connectivity index (χ1n) is 8.69. The average Bonchev–Trinajstić information content (AvgIpc) is 2.54. The van der Waals surface area contributed by atoms with Gasteiger partial charge in [-0.1, -0.05) is 12.1 Å². The Hall–Kier alpha value is -1.80. The van der Waals surface area contributed by atoms with Crippen molar-refractivity contribution < 1.29 is 22.7 Å². The highest BCUT2D eigenvalue weighted by Crippen LogP contribution is 2.20. The van der Waals surface area contributed by atoms with Crippen LogP contribution in [0.15, 0.2) is 24.3 Å². The van der Waals surface area contributed by atoms with Gasteiger partial charge in [0.2, 0.25) is 10.0 Å². The Kier molecular flexibility index (Phi) is 6.52. The second kappa shape index (κ2) is 8.26. The minimum Gasteiger partial charge on any atom is -0.497 e. The summed E-state index contributed by atoms with van der Waals surface area (Å²) < 4.78 is 37.0. The van der Waals surface area contributed by atoms with E-state index in [0.717, 1.165) is 5.56 Å². The molecule has 1 aliphatic rings. The van der Waals surface area contributed by atoms with Gasteiger partial charge in [-0.3, -0.25) is 0 Å². The molecule has 0 saturated carbocycles. The van der Waals surface area contributed by atoms with Crippen molar-refractivity contribution in [2.45, 2.75) is 51.0 Å². The highest BCUT2D eigenvalue weighted by atomic mass is 32.2. The molecular weight excluding hydrogens is 356 g/mol. The molecule has 1 N–H and O–H groups in total. The Balaban J connectivity index is 1.86. The smallest absolute Gasteiger partial charge is 0.407 e. The Morgan fingerprint density at radius 1 is 1.19 bits per heavy atom. The molecule has 1 aromatic rings. The summed E-state index contributed by atoms with van der Waals surface area (Å²) in [5.41, 5.74) is 0.173. The Morgan fingerprint density at radius 2 is 1.77 bits per heavy atom. The normalized spacial score (nSPS) is 16.9. The predicted octanol–water partition coefficient (Wildman–Crippen LogP) is 2.51. The molecule has 0 aliphatic carbocycles. The van der Waals surface area contributed by atoms with Gasteiger partial charge in [0.05, 0.1) is 12.9 Å². The van der Waals surface area contributed by atoms with Gasteiger partial charge in [0.1, 0.15) is 11.4 Å². The van der Waals surface area contributed by atoms with Gasteiger partial charge in [0, 0.05) is 19.1 Å². The second-order valence-electron chi connectivity index (χ2n) is 7.42. The van der Waals surface area contributed by atoms with E-state index < -0.39 is 21.7 Å². The van der Waals surface area contributed by atoms with Crippen molar-refractivity contribution in [1.29, 1.82) is 0 Å². The molecule has 1 amide bonds. The summed E-state index contributed by atoms with van der Waals surface area (Å²) in [7, 11) is -1.82. The van der Waals surface area contributed by atoms with E-state index in [9.17, 15) is 13.2 Å². The molecule has 2 rings (SSSR count). The van der Waals surface area contributed by atoms with Gasteiger partial charge in [-0.2, -0.15) is 0 Å². The summed E-state index contributed by atoms with van der Waals surface area (Å²) in [6, 6.07) is 6.95. The minimum atomic E-state index is -3.39. The van der Waals surface area contributed by atoms with Gasteiger partial charge < -0.3 is 14.8 Å². The summed E-state index contributed by atoms with van der Waals surface area (Å²) in [5.74, 6) is 0.654. The lowest BCUT2D eigenvalue weighted by molar-refractivity contribution is 0.0489. The zero-order chi connectivity index (χ0) is 19.4. The van der Waals surface area contributed by atoms with Crippen molar-refractivity contribution in [2.75, 3.05) is 20.2 Å². The molecule has 0 bridgehead atoms. The number of piperidine rings is 1. The number of carbonyl (C=O) groups excluding carboxylic acids is 1. The van der Waals surface area contributed by atoms with Crippen LogP contribution in [0.4, 0.5) is 4.79 Å². The van der Waals surface area contributed by atoms with Crippen LogP contribution >= 0.6 is 0 Å². The van der Waals surface area contributed by atoms with Crippen LogP contribution < -0.4 is 10.1 Å². The van der Waals surface area contributed by atoms with E-state index in [1.54, 1.807) is 52.1 Å². The summed E-state index contributed by atoms with van der Waals surface area (Å²) in [6.07, 6.45) is 0.680. The molecule has 1 aromatic carbocycles. The summed E-state index contributed by atoms with van der Waals surface area (Å²) in [4.78, 5) is 11.8. The van der Waals surface area contributed by atoms with Crippen LogP contribution in [0.25, 0.3) is 0 Å². The van der Waals surface area contributed by atoms with Gasteiger partial charge >= 0.3 is 6.09 Å². The van der Waals surface area contributed by atoms with Crippen LogP contribution in [0.3, 0.4) is 0 Å². The van der Waals surface area contributed by atoms with Gasteiger partial charge in [-0.15, -0.1) is 0 Å². The Bertz CT molecular complexity index is 702. The first-order chi connectivity index (χ1) is 12.1. The highest BCUT2D eigenvalue weighted by molar-refractivity contribution is 7.88. The summed E-state index contributed by atoms with van der Waals surface area (Å²) in [5, 5.41) is 2.81. The lowest BCUT2D eigenvalue weighted by Gasteiger charge is -2.32. The van der Waals surface area contributed by atoms with Crippen LogP contribution in [-0.2, 0) is 20.5 Å². The number of methoxy groups -OCH3 is 1. The number of nitrogens with one attached hydrogen (secondary N) is 1. The van der Waals surface area contributed by atoms with Crippen LogP contribution in [0.2, 0.25) is 0 Å². The van der Waals surface area contributed by atoms with Crippen molar-refractivity contribution in [1.82, 2.24) is 9.62 Å². The molecule has 0 aromatic heterocycles. The standard InChI is InChI=1S/C18H28N2O5S/c1-18(2,3)25-17(21)19-15-9-11-20(12-10-15)26(22,23)13-14-5-7-16(24-4)8-6-14/h5-8,15H,9-13H2,1-4H3,(H,19,21). The molecule has 0 radical (unpaired) electrons. The molecule has 26 heavy (non-hydrogen) atoms. The summed E-state index contributed by atoms with van der Waals surface area (Å²) in [6.45, 7) is 6.20. The van der Waals surface area contributed by atoms with Crippen LogP contribution in [0.5, 0.6) is 5.75 Å². The first-order valence-corrected chi connectivity index (χ1v) is 10.3. The molecule has 0 atom stereocenters. The van der Waals surface area contributed by atoms with Gasteiger partial charge in [0.25, 0.3) is 0 Å². The third kappa shape index (κ3) is 6.17. The molecule has 1 saturated heterocycles. The maximum Gasteiger partial charge on any atom is 0.407 e. The maximum absolute atomic E-state index is 12.6. The number of carbonyl (C=O) groups is 1. The van der Waals surface area contributed by atoms with Crippen molar-refractivity contribution in [3.8, 4) is 5.75 Å². The van der Waals surface area contributed by atoms with Crippen molar-refractivity contribution >= 4 is 16.1 Å². The van der Waals surface area contributed by atoms with Crippen LogP contribution in [-0.4, -0.2) is 50.7 Å². The number of benzene rings is 1. The second-order valence-corrected chi connectivity index (χ2v) is 9.39. The third-order valence-corrected chi connectivity index (χ3v) is 5.93. The van der Waals surface area contributed by atoms with E-state index >= 15 is 0 Å². The molecule has 146 valence electrons.